The van der Waals surface area contributed by atoms with Gasteiger partial charge in [-0.2, -0.15) is 8.78 Å². The van der Waals surface area contributed by atoms with Gasteiger partial charge < -0.3 is 9.64 Å². The molecule has 1 rings (SSSR count). The molecule has 0 bridgehead atoms. The molecule has 1 aromatic rings. The van der Waals surface area contributed by atoms with Gasteiger partial charge in [0.2, 0.25) is 5.91 Å². The number of halogens is 2. The van der Waals surface area contributed by atoms with Crippen LogP contribution >= 0.6 is 0 Å². The van der Waals surface area contributed by atoms with Gasteiger partial charge in [-0.15, -0.1) is 0 Å². The molecule has 0 saturated heterocycles. The quantitative estimate of drug-likeness (QED) is 0.764. The lowest BCUT2D eigenvalue weighted by Crippen LogP contribution is -2.26. The molecule has 1 aromatic carbocycles. The zero-order chi connectivity index (χ0) is 15.1. The molecule has 0 atom stereocenters. The fourth-order valence-electron chi connectivity index (χ4n) is 1.74. The summed E-state index contributed by atoms with van der Waals surface area (Å²) in [5.74, 6) is 0.710. The second-order valence-corrected chi connectivity index (χ2v) is 5.20. The largest absolute Gasteiger partial charge is 0.435 e. The molecule has 5 heteroatoms. The van der Waals surface area contributed by atoms with Crippen molar-refractivity contribution in [3.8, 4) is 5.75 Å². The number of alkyl halides is 2. The van der Waals surface area contributed by atoms with Gasteiger partial charge in [0.15, 0.2) is 0 Å². The summed E-state index contributed by atoms with van der Waals surface area (Å²) in [7, 11) is 1.74. The molecule has 0 aromatic heterocycles. The van der Waals surface area contributed by atoms with E-state index in [0.29, 0.717) is 18.9 Å². The molecule has 1 amide bonds. The number of ether oxygens (including phenoxy) is 1. The fourth-order valence-corrected chi connectivity index (χ4v) is 1.74. The predicted octanol–water partition coefficient (Wildman–Crippen LogP) is 3.68. The van der Waals surface area contributed by atoms with Crippen molar-refractivity contribution in [1.82, 2.24) is 4.90 Å². The number of benzene rings is 1. The summed E-state index contributed by atoms with van der Waals surface area (Å²) < 4.78 is 28.3. The van der Waals surface area contributed by atoms with Crippen molar-refractivity contribution >= 4 is 5.91 Å². The Morgan fingerprint density at radius 3 is 2.35 bits per heavy atom. The van der Waals surface area contributed by atoms with Crippen molar-refractivity contribution in [3.63, 3.8) is 0 Å². The van der Waals surface area contributed by atoms with Crippen LogP contribution in [0.5, 0.6) is 5.75 Å². The first-order chi connectivity index (χ1) is 9.38. The molecule has 0 aliphatic heterocycles. The number of nitrogens with zero attached hydrogens (tertiary/aromatic N) is 1. The number of rotatable bonds is 7. The van der Waals surface area contributed by atoms with Crippen LogP contribution in [0.1, 0.15) is 32.3 Å². The normalized spacial score (nSPS) is 10.9. The summed E-state index contributed by atoms with van der Waals surface area (Å²) in [4.78, 5) is 13.5. The van der Waals surface area contributed by atoms with Gasteiger partial charge in [0.05, 0.1) is 0 Å². The van der Waals surface area contributed by atoms with Crippen LogP contribution in [-0.2, 0) is 11.3 Å². The van der Waals surface area contributed by atoms with Crippen molar-refractivity contribution in [2.24, 2.45) is 5.92 Å². The van der Waals surface area contributed by atoms with Crippen molar-refractivity contribution in [2.45, 2.75) is 39.8 Å². The van der Waals surface area contributed by atoms with E-state index in [1.807, 2.05) is 0 Å². The predicted molar refractivity (Wildman–Crippen MR) is 73.6 cm³/mol. The zero-order valence-electron chi connectivity index (χ0n) is 12.1. The van der Waals surface area contributed by atoms with Gasteiger partial charge in [-0.3, -0.25) is 4.79 Å². The van der Waals surface area contributed by atoms with Gasteiger partial charge in [0.25, 0.3) is 0 Å². The van der Waals surface area contributed by atoms with Gasteiger partial charge in [0.1, 0.15) is 5.75 Å². The highest BCUT2D eigenvalue weighted by molar-refractivity contribution is 5.75. The Labute approximate surface area is 118 Å². The number of amides is 1. The smallest absolute Gasteiger partial charge is 0.387 e. The molecule has 0 unspecified atom stereocenters. The highest BCUT2D eigenvalue weighted by Crippen LogP contribution is 2.16. The second-order valence-electron chi connectivity index (χ2n) is 5.20. The first kappa shape index (κ1) is 16.4. The minimum atomic E-state index is -2.82. The fraction of sp³-hybridized carbons (Fsp3) is 0.533. The van der Waals surface area contributed by atoms with Gasteiger partial charge >= 0.3 is 6.61 Å². The van der Waals surface area contributed by atoms with Crippen molar-refractivity contribution in [3.05, 3.63) is 29.8 Å². The van der Waals surface area contributed by atoms with Crippen LogP contribution in [0.4, 0.5) is 8.78 Å². The van der Waals surface area contributed by atoms with Crippen LogP contribution < -0.4 is 4.74 Å². The van der Waals surface area contributed by atoms with Crippen LogP contribution in [-0.4, -0.2) is 24.5 Å². The highest BCUT2D eigenvalue weighted by atomic mass is 19.3. The molecule has 112 valence electrons. The average molecular weight is 285 g/mol. The Kier molecular flexibility index (Phi) is 6.42. The lowest BCUT2D eigenvalue weighted by Gasteiger charge is -2.18. The number of carbonyl (C=O) groups is 1. The molecular weight excluding hydrogens is 264 g/mol. The molecule has 0 aliphatic rings. The van der Waals surface area contributed by atoms with E-state index in [0.717, 1.165) is 12.0 Å². The molecule has 0 saturated carbocycles. The second kappa shape index (κ2) is 7.82. The number of carbonyl (C=O) groups excluding carboxylic acids is 1. The SMILES string of the molecule is CC(C)CCC(=O)N(C)Cc1ccc(OC(F)F)cc1. The molecular formula is C15H21F2NO2. The van der Waals surface area contributed by atoms with E-state index < -0.39 is 6.61 Å². The summed E-state index contributed by atoms with van der Waals surface area (Å²) in [6.45, 7) is 1.80. The van der Waals surface area contributed by atoms with E-state index in [2.05, 4.69) is 18.6 Å². The van der Waals surface area contributed by atoms with Crippen LogP contribution in [0.25, 0.3) is 0 Å². The van der Waals surface area contributed by atoms with E-state index in [4.69, 9.17) is 0 Å². The third-order valence-electron chi connectivity index (χ3n) is 2.93. The minimum absolute atomic E-state index is 0.0895. The Balaban J connectivity index is 2.49. The monoisotopic (exact) mass is 285 g/mol. The van der Waals surface area contributed by atoms with Gasteiger partial charge in [-0.25, -0.2) is 0 Å². The lowest BCUT2D eigenvalue weighted by atomic mass is 10.1. The molecule has 0 N–H and O–H groups in total. The molecule has 0 radical (unpaired) electrons. The standard InChI is InChI=1S/C15H21F2NO2/c1-11(2)4-9-14(19)18(3)10-12-5-7-13(8-6-12)20-15(16)17/h5-8,11,15H,4,9-10H2,1-3H3. The Morgan fingerprint density at radius 2 is 1.85 bits per heavy atom. The van der Waals surface area contributed by atoms with Gasteiger partial charge in [0, 0.05) is 20.0 Å². The molecule has 0 spiro atoms. The van der Waals surface area contributed by atoms with Gasteiger partial charge in [-0.1, -0.05) is 26.0 Å². The number of hydrogen-bond acceptors (Lipinski definition) is 2. The first-order valence-corrected chi connectivity index (χ1v) is 6.66. The van der Waals surface area contributed by atoms with Crippen LogP contribution in [0, 0.1) is 5.92 Å². The topological polar surface area (TPSA) is 29.5 Å². The minimum Gasteiger partial charge on any atom is -0.435 e. The third kappa shape index (κ3) is 5.99. The van der Waals surface area contributed by atoms with E-state index in [1.54, 1.807) is 24.1 Å². The maximum Gasteiger partial charge on any atom is 0.387 e. The van der Waals surface area contributed by atoms with E-state index in [9.17, 15) is 13.6 Å². The van der Waals surface area contributed by atoms with Gasteiger partial charge in [-0.05, 0) is 30.0 Å². The number of hydrogen-bond donors (Lipinski definition) is 0. The summed E-state index contributed by atoms with van der Waals surface area (Å²) in [5, 5.41) is 0. The molecule has 0 aliphatic carbocycles. The van der Waals surface area contributed by atoms with E-state index >= 15 is 0 Å². The van der Waals surface area contributed by atoms with Crippen LogP contribution in [0.15, 0.2) is 24.3 Å². The van der Waals surface area contributed by atoms with Crippen molar-refractivity contribution in [1.29, 1.82) is 0 Å². The third-order valence-corrected chi connectivity index (χ3v) is 2.93. The molecule has 20 heavy (non-hydrogen) atoms. The molecule has 3 nitrogen and oxygen atoms in total. The summed E-state index contributed by atoms with van der Waals surface area (Å²) in [5.41, 5.74) is 0.881. The molecule has 0 heterocycles. The Morgan fingerprint density at radius 1 is 1.25 bits per heavy atom. The van der Waals surface area contributed by atoms with Crippen molar-refractivity contribution < 1.29 is 18.3 Å². The zero-order valence-corrected chi connectivity index (χ0v) is 12.1. The van der Waals surface area contributed by atoms with E-state index in [-0.39, 0.29) is 11.7 Å². The maximum atomic E-state index is 12.0. The highest BCUT2D eigenvalue weighted by Gasteiger charge is 2.10. The Hall–Kier alpha value is -1.65. The molecule has 0 fully saturated rings. The summed E-state index contributed by atoms with van der Waals surface area (Å²) >= 11 is 0. The lowest BCUT2D eigenvalue weighted by molar-refractivity contribution is -0.130. The van der Waals surface area contributed by atoms with Crippen LogP contribution in [0.3, 0.4) is 0 Å². The summed E-state index contributed by atoms with van der Waals surface area (Å²) in [6.07, 6.45) is 1.39. The average Bonchev–Trinajstić information content (AvgIpc) is 2.37. The maximum absolute atomic E-state index is 12.0. The van der Waals surface area contributed by atoms with E-state index in [1.165, 1.54) is 12.1 Å². The first-order valence-electron chi connectivity index (χ1n) is 6.66. The summed E-state index contributed by atoms with van der Waals surface area (Å²) in [6, 6.07) is 6.33. The Bertz CT molecular complexity index is 418. The van der Waals surface area contributed by atoms with Crippen molar-refractivity contribution in [2.75, 3.05) is 7.05 Å². The van der Waals surface area contributed by atoms with Crippen LogP contribution in [0.2, 0.25) is 0 Å².